The second-order valence-corrected chi connectivity index (χ2v) is 6.89. The van der Waals surface area contributed by atoms with Gasteiger partial charge in [0.1, 0.15) is 0 Å². The lowest BCUT2D eigenvalue weighted by molar-refractivity contribution is -0.122. The monoisotopic (exact) mass is 373 g/mol. The first-order chi connectivity index (χ1) is 11.2. The number of carbonyl (C=O) groups excluding carboxylic acids is 1. The number of ether oxygens (including phenoxy) is 1. The highest BCUT2D eigenvalue weighted by molar-refractivity contribution is 9.10. The molecule has 3 nitrogen and oxygen atoms in total. The molecular formula is C19H20BrNO2. The molecule has 2 atom stereocenters. The molecule has 1 N–H and O–H groups in total. The predicted octanol–water partition coefficient (Wildman–Crippen LogP) is 4.02. The molecule has 0 spiro atoms. The van der Waals surface area contributed by atoms with Crippen molar-refractivity contribution in [2.75, 3.05) is 7.11 Å². The van der Waals surface area contributed by atoms with Crippen LogP contribution in [0.1, 0.15) is 29.0 Å². The Hall–Kier alpha value is -1.65. The average Bonchev–Trinajstić information content (AvgIpc) is 3.35. The van der Waals surface area contributed by atoms with Crippen LogP contribution in [0.3, 0.4) is 0 Å². The summed E-state index contributed by atoms with van der Waals surface area (Å²) >= 11 is 3.44. The van der Waals surface area contributed by atoms with E-state index in [1.165, 1.54) is 5.56 Å². The number of carbonyl (C=O) groups is 1. The Morgan fingerprint density at radius 1 is 1.22 bits per heavy atom. The summed E-state index contributed by atoms with van der Waals surface area (Å²) in [4.78, 5) is 12.3. The number of benzene rings is 2. The van der Waals surface area contributed by atoms with Crippen LogP contribution in [0.5, 0.6) is 0 Å². The lowest BCUT2D eigenvalue weighted by Gasteiger charge is -2.07. The van der Waals surface area contributed by atoms with Crippen LogP contribution in [0.15, 0.2) is 53.0 Å². The number of hydrogen-bond donors (Lipinski definition) is 1. The van der Waals surface area contributed by atoms with Crippen LogP contribution in [-0.4, -0.2) is 13.0 Å². The van der Waals surface area contributed by atoms with Crippen LogP contribution < -0.4 is 5.32 Å². The van der Waals surface area contributed by atoms with E-state index in [0.29, 0.717) is 19.1 Å². The SMILES string of the molecule is COCc1cccc(CNC(=O)C2CC2c2ccc(Br)cc2)c1. The molecule has 0 bridgehead atoms. The summed E-state index contributed by atoms with van der Waals surface area (Å²) < 4.78 is 6.21. The number of methoxy groups -OCH3 is 1. The Labute approximate surface area is 145 Å². The number of halogens is 1. The molecule has 1 amide bonds. The van der Waals surface area contributed by atoms with Crippen molar-refractivity contribution in [3.63, 3.8) is 0 Å². The Morgan fingerprint density at radius 3 is 2.70 bits per heavy atom. The summed E-state index contributed by atoms with van der Waals surface area (Å²) in [6.07, 6.45) is 0.942. The van der Waals surface area contributed by atoms with Gasteiger partial charge >= 0.3 is 0 Å². The third-order valence-electron chi connectivity index (χ3n) is 4.19. The first kappa shape index (κ1) is 16.2. The van der Waals surface area contributed by atoms with E-state index in [1.807, 2.05) is 30.3 Å². The van der Waals surface area contributed by atoms with Crippen LogP contribution in [0.2, 0.25) is 0 Å². The number of amides is 1. The molecule has 0 aliphatic heterocycles. The normalized spacial score (nSPS) is 19.4. The maximum atomic E-state index is 12.3. The van der Waals surface area contributed by atoms with E-state index in [1.54, 1.807) is 7.11 Å². The Kier molecular flexibility index (Phi) is 5.13. The number of rotatable bonds is 6. The molecule has 0 radical (unpaired) electrons. The van der Waals surface area contributed by atoms with Gasteiger partial charge in [0.05, 0.1) is 6.61 Å². The molecular weight excluding hydrogens is 354 g/mol. The average molecular weight is 374 g/mol. The second-order valence-electron chi connectivity index (χ2n) is 5.97. The van der Waals surface area contributed by atoms with Crippen LogP contribution >= 0.6 is 15.9 Å². The highest BCUT2D eigenvalue weighted by Crippen LogP contribution is 2.47. The predicted molar refractivity (Wildman–Crippen MR) is 94.0 cm³/mol. The summed E-state index contributed by atoms with van der Waals surface area (Å²) in [6, 6.07) is 16.4. The molecule has 0 heterocycles. The van der Waals surface area contributed by atoms with Gasteiger partial charge in [-0.15, -0.1) is 0 Å². The summed E-state index contributed by atoms with van der Waals surface area (Å²) in [5.41, 5.74) is 3.47. The molecule has 0 aromatic heterocycles. The van der Waals surface area contributed by atoms with Crippen molar-refractivity contribution >= 4 is 21.8 Å². The van der Waals surface area contributed by atoms with Crippen LogP contribution in [0.4, 0.5) is 0 Å². The van der Waals surface area contributed by atoms with Gasteiger partial charge in [0.15, 0.2) is 0 Å². The summed E-state index contributed by atoms with van der Waals surface area (Å²) in [6.45, 7) is 1.16. The van der Waals surface area contributed by atoms with Crippen molar-refractivity contribution in [3.8, 4) is 0 Å². The maximum Gasteiger partial charge on any atom is 0.224 e. The van der Waals surface area contributed by atoms with E-state index in [9.17, 15) is 4.79 Å². The van der Waals surface area contributed by atoms with Crippen LogP contribution in [-0.2, 0) is 22.7 Å². The smallest absolute Gasteiger partial charge is 0.224 e. The number of hydrogen-bond acceptors (Lipinski definition) is 2. The highest BCUT2D eigenvalue weighted by Gasteiger charge is 2.43. The van der Waals surface area contributed by atoms with Gasteiger partial charge in [-0.25, -0.2) is 0 Å². The second kappa shape index (κ2) is 7.28. The molecule has 1 aliphatic carbocycles. The zero-order chi connectivity index (χ0) is 16.2. The fourth-order valence-corrected chi connectivity index (χ4v) is 3.14. The van der Waals surface area contributed by atoms with E-state index in [0.717, 1.165) is 22.0 Å². The zero-order valence-corrected chi connectivity index (χ0v) is 14.7. The fourth-order valence-electron chi connectivity index (χ4n) is 2.88. The van der Waals surface area contributed by atoms with Crippen molar-refractivity contribution in [1.82, 2.24) is 5.32 Å². The van der Waals surface area contributed by atoms with Crippen molar-refractivity contribution < 1.29 is 9.53 Å². The zero-order valence-electron chi connectivity index (χ0n) is 13.1. The summed E-state index contributed by atoms with van der Waals surface area (Å²) in [7, 11) is 1.68. The van der Waals surface area contributed by atoms with Gasteiger partial charge in [-0.2, -0.15) is 0 Å². The summed E-state index contributed by atoms with van der Waals surface area (Å²) in [5.74, 6) is 0.622. The van der Waals surface area contributed by atoms with Gasteiger partial charge in [-0.1, -0.05) is 52.3 Å². The van der Waals surface area contributed by atoms with E-state index in [2.05, 4.69) is 39.4 Å². The topological polar surface area (TPSA) is 38.3 Å². The minimum Gasteiger partial charge on any atom is -0.380 e. The molecule has 120 valence electrons. The molecule has 1 fully saturated rings. The van der Waals surface area contributed by atoms with Crippen molar-refractivity contribution in [2.24, 2.45) is 5.92 Å². The Bertz CT molecular complexity index is 684. The van der Waals surface area contributed by atoms with Crippen molar-refractivity contribution in [2.45, 2.75) is 25.5 Å². The molecule has 23 heavy (non-hydrogen) atoms. The fraction of sp³-hybridized carbons (Fsp3) is 0.316. The van der Waals surface area contributed by atoms with Crippen molar-refractivity contribution in [3.05, 3.63) is 69.7 Å². The van der Waals surface area contributed by atoms with E-state index < -0.39 is 0 Å². The quantitative estimate of drug-likeness (QED) is 0.830. The lowest BCUT2D eigenvalue weighted by atomic mass is 10.1. The van der Waals surface area contributed by atoms with E-state index >= 15 is 0 Å². The van der Waals surface area contributed by atoms with E-state index in [-0.39, 0.29) is 11.8 Å². The minimum absolute atomic E-state index is 0.110. The molecule has 2 aromatic carbocycles. The Morgan fingerprint density at radius 2 is 1.96 bits per heavy atom. The molecule has 3 rings (SSSR count). The molecule has 1 saturated carbocycles. The Balaban J connectivity index is 1.52. The van der Waals surface area contributed by atoms with Gasteiger partial charge in [-0.3, -0.25) is 4.79 Å². The van der Waals surface area contributed by atoms with Gasteiger partial charge in [0.2, 0.25) is 5.91 Å². The van der Waals surface area contributed by atoms with Crippen LogP contribution in [0.25, 0.3) is 0 Å². The summed E-state index contributed by atoms with van der Waals surface area (Å²) in [5, 5.41) is 3.05. The third-order valence-corrected chi connectivity index (χ3v) is 4.72. The van der Waals surface area contributed by atoms with Gasteiger partial charge in [0.25, 0.3) is 0 Å². The molecule has 2 unspecified atom stereocenters. The van der Waals surface area contributed by atoms with Gasteiger partial charge < -0.3 is 10.1 Å². The van der Waals surface area contributed by atoms with Gasteiger partial charge in [0, 0.05) is 24.0 Å². The minimum atomic E-state index is 0.110. The third kappa shape index (κ3) is 4.21. The standard InChI is InChI=1S/C19H20BrNO2/c1-23-12-14-4-2-3-13(9-14)11-21-19(22)18-10-17(18)15-5-7-16(20)8-6-15/h2-9,17-18H,10-12H2,1H3,(H,21,22). The molecule has 4 heteroatoms. The van der Waals surface area contributed by atoms with E-state index in [4.69, 9.17) is 4.74 Å². The van der Waals surface area contributed by atoms with Crippen LogP contribution in [0, 0.1) is 5.92 Å². The van der Waals surface area contributed by atoms with Crippen molar-refractivity contribution in [1.29, 1.82) is 0 Å². The molecule has 0 saturated heterocycles. The first-order valence-corrected chi connectivity index (χ1v) is 8.56. The molecule has 1 aliphatic rings. The lowest BCUT2D eigenvalue weighted by Crippen LogP contribution is -2.24. The van der Waals surface area contributed by atoms with Gasteiger partial charge in [-0.05, 0) is 41.2 Å². The largest absolute Gasteiger partial charge is 0.380 e. The molecule has 2 aromatic rings. The number of nitrogens with one attached hydrogen (secondary N) is 1. The highest BCUT2D eigenvalue weighted by atomic mass is 79.9. The first-order valence-electron chi connectivity index (χ1n) is 7.77. The maximum absolute atomic E-state index is 12.3.